The van der Waals surface area contributed by atoms with E-state index in [0.717, 1.165) is 22.4 Å². The molecule has 1 fully saturated rings. The lowest BCUT2D eigenvalue weighted by Crippen LogP contribution is -2.23. The number of benzene rings is 1. The molecule has 0 unspecified atom stereocenters. The highest BCUT2D eigenvalue weighted by atomic mass is 127. The van der Waals surface area contributed by atoms with Gasteiger partial charge in [-0.2, -0.15) is 0 Å². The molecule has 1 aromatic heterocycles. The molecule has 2 heterocycles. The summed E-state index contributed by atoms with van der Waals surface area (Å²) in [7, 11) is 0. The van der Waals surface area contributed by atoms with Crippen LogP contribution in [0.1, 0.15) is 18.6 Å². The van der Waals surface area contributed by atoms with Crippen LogP contribution in [-0.2, 0) is 9.59 Å². The topological polar surface area (TPSA) is 59.8 Å². The molecule has 118 valence electrons. The van der Waals surface area contributed by atoms with E-state index >= 15 is 0 Å². The van der Waals surface area contributed by atoms with E-state index in [9.17, 15) is 9.59 Å². The summed E-state index contributed by atoms with van der Waals surface area (Å²) in [4.78, 5) is 25.2. The maximum Gasteiger partial charge on any atom is 0.336 e. The van der Waals surface area contributed by atoms with Crippen LogP contribution < -0.4 is 9.64 Å². The smallest absolute Gasteiger partial charge is 0.336 e. The molecule has 1 aliphatic rings. The van der Waals surface area contributed by atoms with Crippen molar-refractivity contribution >= 4 is 46.2 Å². The van der Waals surface area contributed by atoms with Crippen molar-refractivity contribution in [3.63, 3.8) is 0 Å². The second-order valence-corrected chi connectivity index (χ2v) is 6.10. The fourth-order valence-corrected chi connectivity index (χ4v) is 2.77. The minimum atomic E-state index is -0.485. The van der Waals surface area contributed by atoms with Gasteiger partial charge in [0.2, 0.25) is 5.91 Å². The highest BCUT2D eigenvalue weighted by Crippen LogP contribution is 2.24. The summed E-state index contributed by atoms with van der Waals surface area (Å²) in [5, 5.41) is 0. The molecule has 1 aromatic carbocycles. The van der Waals surface area contributed by atoms with Gasteiger partial charge in [0.15, 0.2) is 3.77 Å². The maximum absolute atomic E-state index is 11.8. The minimum Gasteiger partial charge on any atom is -0.451 e. The van der Waals surface area contributed by atoms with E-state index in [2.05, 4.69) is 22.6 Å². The highest BCUT2D eigenvalue weighted by molar-refractivity contribution is 14.1. The molecule has 0 bridgehead atoms. The predicted molar refractivity (Wildman–Crippen MR) is 94.1 cm³/mol. The quantitative estimate of drug-likeness (QED) is 0.326. The molecule has 0 aliphatic carbocycles. The first-order valence-electron chi connectivity index (χ1n) is 7.17. The molecule has 3 rings (SSSR count). The Bertz CT molecular complexity index is 748. The molecule has 23 heavy (non-hydrogen) atoms. The summed E-state index contributed by atoms with van der Waals surface area (Å²) in [6.45, 7) is 0.739. The Morgan fingerprint density at radius 2 is 2.00 bits per heavy atom. The van der Waals surface area contributed by atoms with E-state index in [-0.39, 0.29) is 5.91 Å². The molecule has 1 amide bonds. The number of carbonyl (C=O) groups is 2. The maximum atomic E-state index is 11.8. The van der Waals surface area contributed by atoms with E-state index < -0.39 is 5.97 Å². The van der Waals surface area contributed by atoms with Crippen molar-refractivity contribution in [2.45, 2.75) is 12.8 Å². The first kappa shape index (κ1) is 15.8. The molecule has 0 atom stereocenters. The minimum absolute atomic E-state index is 0.130. The number of anilines is 1. The van der Waals surface area contributed by atoms with Crippen LogP contribution in [-0.4, -0.2) is 18.4 Å². The van der Waals surface area contributed by atoms with Crippen LogP contribution in [0.4, 0.5) is 5.69 Å². The second kappa shape index (κ2) is 6.99. The van der Waals surface area contributed by atoms with Gasteiger partial charge < -0.3 is 14.1 Å². The third-order valence-corrected chi connectivity index (χ3v) is 4.00. The Labute approximate surface area is 147 Å². The molecule has 0 spiro atoms. The van der Waals surface area contributed by atoms with Gasteiger partial charge in [0.05, 0.1) is 0 Å². The molecule has 1 aliphatic heterocycles. The van der Waals surface area contributed by atoms with Gasteiger partial charge in [-0.25, -0.2) is 4.79 Å². The van der Waals surface area contributed by atoms with Crippen LogP contribution >= 0.6 is 22.6 Å². The fourth-order valence-electron chi connectivity index (χ4n) is 2.33. The lowest BCUT2D eigenvalue weighted by atomic mass is 10.3. The Balaban J connectivity index is 1.60. The summed E-state index contributed by atoms with van der Waals surface area (Å²) < 4.78 is 11.3. The van der Waals surface area contributed by atoms with Crippen molar-refractivity contribution in [3.05, 3.63) is 52.0 Å². The Morgan fingerprint density at radius 3 is 2.61 bits per heavy atom. The van der Waals surface area contributed by atoms with Gasteiger partial charge in [-0.15, -0.1) is 0 Å². The van der Waals surface area contributed by atoms with Gasteiger partial charge in [0.1, 0.15) is 11.5 Å². The molecule has 5 nitrogen and oxygen atoms in total. The first-order valence-corrected chi connectivity index (χ1v) is 8.25. The predicted octanol–water partition coefficient (Wildman–Crippen LogP) is 3.63. The molecular weight excluding hydrogens is 409 g/mol. The summed E-state index contributed by atoms with van der Waals surface area (Å²) in [6.07, 6.45) is 4.34. The SMILES string of the molecule is O=C(/C=C/c1ccc(I)o1)Oc1ccc(N2CCCC2=O)cc1. The highest BCUT2D eigenvalue weighted by Gasteiger charge is 2.21. The van der Waals surface area contributed by atoms with Crippen molar-refractivity contribution < 1.29 is 18.7 Å². The summed E-state index contributed by atoms with van der Waals surface area (Å²) in [5.74, 6) is 0.672. The van der Waals surface area contributed by atoms with Gasteiger partial charge >= 0.3 is 5.97 Å². The number of furan rings is 1. The van der Waals surface area contributed by atoms with Gasteiger partial charge in [0, 0.05) is 24.7 Å². The number of carbonyl (C=O) groups excluding carboxylic acids is 2. The lowest BCUT2D eigenvalue weighted by molar-refractivity contribution is -0.129. The largest absolute Gasteiger partial charge is 0.451 e. The lowest BCUT2D eigenvalue weighted by Gasteiger charge is -2.15. The molecule has 0 N–H and O–H groups in total. The van der Waals surface area contributed by atoms with Crippen molar-refractivity contribution in [2.24, 2.45) is 0 Å². The number of esters is 1. The molecule has 0 radical (unpaired) electrons. The van der Waals surface area contributed by atoms with Crippen molar-refractivity contribution in [2.75, 3.05) is 11.4 Å². The van der Waals surface area contributed by atoms with E-state index in [0.29, 0.717) is 17.9 Å². The monoisotopic (exact) mass is 423 g/mol. The zero-order valence-corrected chi connectivity index (χ0v) is 14.4. The van der Waals surface area contributed by atoms with Gasteiger partial charge in [-0.3, -0.25) is 4.79 Å². The van der Waals surface area contributed by atoms with Gasteiger partial charge in [-0.1, -0.05) is 0 Å². The van der Waals surface area contributed by atoms with Crippen LogP contribution in [0.2, 0.25) is 0 Å². The average molecular weight is 423 g/mol. The fraction of sp³-hybridized carbons (Fsp3) is 0.176. The molecule has 1 saturated heterocycles. The van der Waals surface area contributed by atoms with E-state index in [1.165, 1.54) is 6.08 Å². The first-order chi connectivity index (χ1) is 11.1. The molecular formula is C17H14INO4. The van der Waals surface area contributed by atoms with Crippen LogP contribution in [0.15, 0.2) is 46.9 Å². The number of nitrogens with zero attached hydrogens (tertiary/aromatic N) is 1. The molecule has 6 heteroatoms. The summed E-state index contributed by atoms with van der Waals surface area (Å²) >= 11 is 2.05. The average Bonchev–Trinajstić information content (AvgIpc) is 3.14. The zero-order chi connectivity index (χ0) is 16.2. The molecule has 2 aromatic rings. The number of halogens is 1. The van der Waals surface area contributed by atoms with Crippen molar-refractivity contribution in [3.8, 4) is 5.75 Å². The second-order valence-electron chi connectivity index (χ2n) is 5.04. The van der Waals surface area contributed by atoms with Gasteiger partial charge in [-0.05, 0) is 71.5 Å². The Hall–Kier alpha value is -2.09. The van der Waals surface area contributed by atoms with Crippen molar-refractivity contribution in [1.82, 2.24) is 0 Å². The summed E-state index contributed by atoms with van der Waals surface area (Å²) in [6, 6.07) is 10.5. The van der Waals surface area contributed by atoms with Gasteiger partial charge in [0.25, 0.3) is 0 Å². The standard InChI is InChI=1S/C17H14INO4/c18-15-9-7-13(22-15)8-10-17(21)23-14-5-3-12(4-6-14)19-11-1-2-16(19)20/h3-10H,1-2,11H2/b10-8+. The van der Waals surface area contributed by atoms with E-state index in [4.69, 9.17) is 9.15 Å². The Morgan fingerprint density at radius 1 is 1.22 bits per heavy atom. The zero-order valence-electron chi connectivity index (χ0n) is 12.2. The van der Waals surface area contributed by atoms with Crippen LogP contribution in [0, 0.1) is 3.77 Å². The summed E-state index contributed by atoms with van der Waals surface area (Å²) in [5.41, 5.74) is 0.827. The number of amides is 1. The van der Waals surface area contributed by atoms with Crippen LogP contribution in [0.3, 0.4) is 0 Å². The van der Waals surface area contributed by atoms with Crippen LogP contribution in [0.5, 0.6) is 5.75 Å². The van der Waals surface area contributed by atoms with Crippen LogP contribution in [0.25, 0.3) is 6.08 Å². The van der Waals surface area contributed by atoms with E-state index in [1.54, 1.807) is 41.3 Å². The Kier molecular flexibility index (Phi) is 4.80. The number of ether oxygens (including phenoxy) is 1. The molecule has 0 saturated carbocycles. The third kappa shape index (κ3) is 4.01. The normalized spacial score (nSPS) is 14.7. The number of hydrogen-bond donors (Lipinski definition) is 0. The van der Waals surface area contributed by atoms with E-state index in [1.807, 2.05) is 6.07 Å². The number of hydrogen-bond acceptors (Lipinski definition) is 4. The van der Waals surface area contributed by atoms with Crippen molar-refractivity contribution in [1.29, 1.82) is 0 Å². The number of rotatable bonds is 4. The third-order valence-electron chi connectivity index (χ3n) is 3.42.